The minimum absolute atomic E-state index is 0.0516. The lowest BCUT2D eigenvalue weighted by atomic mass is 9.94. The summed E-state index contributed by atoms with van der Waals surface area (Å²) in [5.41, 5.74) is 0.499. The van der Waals surface area contributed by atoms with Gasteiger partial charge in [-0.3, -0.25) is 9.59 Å². The van der Waals surface area contributed by atoms with Gasteiger partial charge < -0.3 is 25.4 Å². The predicted octanol–water partition coefficient (Wildman–Crippen LogP) is 1.33. The first-order chi connectivity index (χ1) is 12.4. The Morgan fingerprint density at radius 1 is 1.31 bits per heavy atom. The fourth-order valence-corrected chi connectivity index (χ4v) is 2.87. The molecule has 0 spiro atoms. The summed E-state index contributed by atoms with van der Waals surface area (Å²) in [6.45, 7) is 7.56. The Balaban J connectivity index is 2.00. The maximum Gasteiger partial charge on any atom is 0.258 e. The number of amides is 2. The fraction of sp³-hybridized carbons (Fsp3) is 0.579. The van der Waals surface area contributed by atoms with E-state index < -0.39 is 0 Å². The highest BCUT2D eigenvalue weighted by atomic mass is 16.5. The zero-order chi connectivity index (χ0) is 19.1. The average Bonchev–Trinajstić information content (AvgIpc) is 2.61. The molecule has 1 aromatic rings. The van der Waals surface area contributed by atoms with Gasteiger partial charge in [-0.15, -0.1) is 0 Å². The number of ether oxygens (including phenoxy) is 2. The van der Waals surface area contributed by atoms with Crippen LogP contribution in [0.1, 0.15) is 37.6 Å². The Bertz CT molecular complexity index is 633. The second kappa shape index (κ2) is 9.43. The highest BCUT2D eigenvalue weighted by Gasteiger charge is 2.23. The largest absolute Gasteiger partial charge is 0.493 e. The molecular weight excluding hydrogens is 334 g/mol. The molecule has 144 valence electrons. The molecule has 1 aliphatic rings. The van der Waals surface area contributed by atoms with Crippen LogP contribution in [-0.2, 0) is 4.79 Å². The van der Waals surface area contributed by atoms with E-state index in [0.29, 0.717) is 23.0 Å². The van der Waals surface area contributed by atoms with Crippen LogP contribution in [0.15, 0.2) is 18.2 Å². The van der Waals surface area contributed by atoms with Crippen LogP contribution in [0.4, 0.5) is 0 Å². The molecule has 2 unspecified atom stereocenters. The second-order valence-corrected chi connectivity index (χ2v) is 6.93. The summed E-state index contributed by atoms with van der Waals surface area (Å²) in [6, 6.07) is 5.12. The number of hydrogen-bond acceptors (Lipinski definition) is 5. The van der Waals surface area contributed by atoms with E-state index in [-0.39, 0.29) is 30.5 Å². The van der Waals surface area contributed by atoms with Crippen LogP contribution in [0.3, 0.4) is 0 Å². The number of benzene rings is 1. The van der Waals surface area contributed by atoms with E-state index in [9.17, 15) is 9.59 Å². The number of carbonyl (C=O) groups is 2. The Morgan fingerprint density at radius 3 is 2.73 bits per heavy atom. The topological polar surface area (TPSA) is 88.7 Å². The lowest BCUT2D eigenvalue weighted by Crippen LogP contribution is -2.50. The smallest absolute Gasteiger partial charge is 0.258 e. The molecule has 1 heterocycles. The van der Waals surface area contributed by atoms with E-state index in [1.54, 1.807) is 18.2 Å². The third-order valence-corrected chi connectivity index (χ3v) is 4.38. The number of hydrogen-bond donors (Lipinski definition) is 3. The van der Waals surface area contributed by atoms with Crippen molar-refractivity contribution in [3.05, 3.63) is 23.8 Å². The summed E-state index contributed by atoms with van der Waals surface area (Å²) < 4.78 is 10.8. The van der Waals surface area contributed by atoms with Crippen LogP contribution < -0.4 is 25.4 Å². The molecule has 1 fully saturated rings. The van der Waals surface area contributed by atoms with E-state index in [2.05, 4.69) is 22.9 Å². The molecule has 1 aliphatic heterocycles. The molecule has 0 aromatic heterocycles. The van der Waals surface area contributed by atoms with Crippen molar-refractivity contribution < 1.29 is 19.1 Å². The van der Waals surface area contributed by atoms with Gasteiger partial charge in [0.15, 0.2) is 18.1 Å². The maximum absolute atomic E-state index is 12.5. The third-order valence-electron chi connectivity index (χ3n) is 4.38. The van der Waals surface area contributed by atoms with Crippen molar-refractivity contribution in [2.45, 2.75) is 39.3 Å². The highest BCUT2D eigenvalue weighted by Crippen LogP contribution is 2.28. The van der Waals surface area contributed by atoms with Crippen molar-refractivity contribution in [3.63, 3.8) is 0 Å². The van der Waals surface area contributed by atoms with E-state index in [1.807, 2.05) is 13.8 Å². The van der Waals surface area contributed by atoms with Crippen LogP contribution in [0.5, 0.6) is 11.5 Å². The molecule has 2 atom stereocenters. The molecule has 0 aliphatic carbocycles. The normalized spacial score (nSPS) is 19.7. The van der Waals surface area contributed by atoms with Crippen molar-refractivity contribution in [1.82, 2.24) is 16.0 Å². The maximum atomic E-state index is 12.5. The van der Waals surface area contributed by atoms with Gasteiger partial charge in [0.2, 0.25) is 0 Å². The molecule has 2 rings (SSSR count). The molecule has 3 N–H and O–H groups in total. The summed E-state index contributed by atoms with van der Waals surface area (Å²) in [5.74, 6) is 0.931. The van der Waals surface area contributed by atoms with Crippen LogP contribution in [-0.4, -0.2) is 50.7 Å². The van der Waals surface area contributed by atoms with Gasteiger partial charge in [-0.25, -0.2) is 0 Å². The molecule has 0 bridgehead atoms. The van der Waals surface area contributed by atoms with Gasteiger partial charge in [0.25, 0.3) is 11.8 Å². The number of carbonyl (C=O) groups excluding carboxylic acids is 2. The molecule has 1 saturated heterocycles. The minimum atomic E-state index is -0.206. The Labute approximate surface area is 154 Å². The average molecular weight is 363 g/mol. The lowest BCUT2D eigenvalue weighted by Gasteiger charge is -2.30. The van der Waals surface area contributed by atoms with Gasteiger partial charge in [0, 0.05) is 24.2 Å². The second-order valence-electron chi connectivity index (χ2n) is 6.93. The van der Waals surface area contributed by atoms with Crippen molar-refractivity contribution in [2.24, 2.45) is 5.92 Å². The van der Waals surface area contributed by atoms with E-state index in [1.165, 1.54) is 7.11 Å². The van der Waals surface area contributed by atoms with Crippen molar-refractivity contribution >= 4 is 11.8 Å². The summed E-state index contributed by atoms with van der Waals surface area (Å²) in [5, 5.41) is 9.12. The number of rotatable bonds is 7. The van der Waals surface area contributed by atoms with E-state index in [0.717, 1.165) is 19.5 Å². The zero-order valence-corrected chi connectivity index (χ0v) is 15.9. The molecule has 2 amide bonds. The summed E-state index contributed by atoms with van der Waals surface area (Å²) in [6.07, 6.45) is 1.04. The molecule has 1 aromatic carbocycles. The predicted molar refractivity (Wildman–Crippen MR) is 99.7 cm³/mol. The van der Waals surface area contributed by atoms with Crippen molar-refractivity contribution in [3.8, 4) is 11.5 Å². The standard InChI is InChI=1S/C19H29N3O4/c1-12(2)21-18(23)11-26-16-6-5-14(9-17(16)25-4)19(24)22-15-10-20-8-7-13(15)3/h5-6,9,12-13,15,20H,7-8,10-11H2,1-4H3,(H,21,23)(H,22,24). The van der Waals surface area contributed by atoms with E-state index in [4.69, 9.17) is 9.47 Å². The first kappa shape index (κ1) is 20.0. The zero-order valence-electron chi connectivity index (χ0n) is 15.9. The fourth-order valence-electron chi connectivity index (χ4n) is 2.87. The van der Waals surface area contributed by atoms with Gasteiger partial charge in [-0.05, 0) is 50.9 Å². The molecule has 7 nitrogen and oxygen atoms in total. The SMILES string of the molecule is COc1cc(C(=O)NC2CNCCC2C)ccc1OCC(=O)NC(C)C. The Kier molecular flexibility index (Phi) is 7.26. The molecule has 26 heavy (non-hydrogen) atoms. The lowest BCUT2D eigenvalue weighted by molar-refractivity contribution is -0.123. The van der Waals surface area contributed by atoms with Gasteiger partial charge in [-0.2, -0.15) is 0 Å². The summed E-state index contributed by atoms with van der Waals surface area (Å²) >= 11 is 0. The van der Waals surface area contributed by atoms with Gasteiger partial charge in [0.05, 0.1) is 7.11 Å². The number of methoxy groups -OCH3 is 1. The Morgan fingerprint density at radius 2 is 2.08 bits per heavy atom. The monoisotopic (exact) mass is 363 g/mol. The molecular formula is C19H29N3O4. The first-order valence-electron chi connectivity index (χ1n) is 9.02. The van der Waals surface area contributed by atoms with Crippen LogP contribution in [0.25, 0.3) is 0 Å². The third kappa shape index (κ3) is 5.62. The van der Waals surface area contributed by atoms with E-state index >= 15 is 0 Å². The molecule has 0 saturated carbocycles. The van der Waals surface area contributed by atoms with Gasteiger partial charge in [0.1, 0.15) is 0 Å². The van der Waals surface area contributed by atoms with Crippen LogP contribution >= 0.6 is 0 Å². The molecule has 7 heteroatoms. The molecule has 0 radical (unpaired) electrons. The highest BCUT2D eigenvalue weighted by molar-refractivity contribution is 5.95. The minimum Gasteiger partial charge on any atom is -0.493 e. The van der Waals surface area contributed by atoms with Crippen molar-refractivity contribution in [1.29, 1.82) is 0 Å². The summed E-state index contributed by atoms with van der Waals surface area (Å²) in [4.78, 5) is 24.2. The van der Waals surface area contributed by atoms with Crippen LogP contribution in [0.2, 0.25) is 0 Å². The van der Waals surface area contributed by atoms with Crippen molar-refractivity contribution in [2.75, 3.05) is 26.8 Å². The summed E-state index contributed by atoms with van der Waals surface area (Å²) in [7, 11) is 1.51. The Hall–Kier alpha value is -2.28. The van der Waals surface area contributed by atoms with Gasteiger partial charge in [-0.1, -0.05) is 6.92 Å². The first-order valence-corrected chi connectivity index (χ1v) is 9.02. The quantitative estimate of drug-likeness (QED) is 0.680. The number of piperidine rings is 1. The van der Waals surface area contributed by atoms with Crippen LogP contribution in [0, 0.1) is 5.92 Å². The van der Waals surface area contributed by atoms with Gasteiger partial charge >= 0.3 is 0 Å². The number of nitrogens with one attached hydrogen (secondary N) is 3.